The van der Waals surface area contributed by atoms with E-state index in [1.807, 2.05) is 37.3 Å². The molecule has 0 aliphatic carbocycles. The number of rotatable bonds is 5. The molecular formula is C16H14Cl2O2S. The van der Waals surface area contributed by atoms with Crippen LogP contribution in [0.15, 0.2) is 47.4 Å². The van der Waals surface area contributed by atoms with Gasteiger partial charge in [-0.1, -0.05) is 29.3 Å². The average molecular weight is 341 g/mol. The zero-order chi connectivity index (χ0) is 15.4. The molecule has 0 unspecified atom stereocenters. The lowest BCUT2D eigenvalue weighted by Gasteiger charge is -2.14. The van der Waals surface area contributed by atoms with Gasteiger partial charge in [-0.2, -0.15) is 0 Å². The van der Waals surface area contributed by atoms with Crippen LogP contribution in [0.1, 0.15) is 11.1 Å². The molecule has 2 rings (SSSR count). The Balaban J connectivity index is 2.17. The van der Waals surface area contributed by atoms with E-state index in [0.717, 1.165) is 16.0 Å². The molecule has 0 radical (unpaired) electrons. The first-order valence-electron chi connectivity index (χ1n) is 6.36. The van der Waals surface area contributed by atoms with Gasteiger partial charge in [0.1, 0.15) is 5.25 Å². The maximum Gasteiger partial charge on any atom is 0.317 e. The number of carbonyl (C=O) groups is 1. The first-order valence-corrected chi connectivity index (χ1v) is 7.99. The highest BCUT2D eigenvalue weighted by molar-refractivity contribution is 8.00. The third-order valence-electron chi connectivity index (χ3n) is 3.08. The fourth-order valence-electron chi connectivity index (χ4n) is 1.92. The number of aliphatic carboxylic acids is 1. The van der Waals surface area contributed by atoms with Crippen molar-refractivity contribution in [2.45, 2.75) is 23.5 Å². The molecule has 21 heavy (non-hydrogen) atoms. The molecule has 5 heteroatoms. The zero-order valence-corrected chi connectivity index (χ0v) is 13.7. The van der Waals surface area contributed by atoms with Crippen molar-refractivity contribution in [2.24, 2.45) is 0 Å². The topological polar surface area (TPSA) is 37.3 Å². The van der Waals surface area contributed by atoms with Gasteiger partial charge in [-0.25, -0.2) is 0 Å². The van der Waals surface area contributed by atoms with Gasteiger partial charge in [0.05, 0.1) is 0 Å². The van der Waals surface area contributed by atoms with Gasteiger partial charge in [0, 0.05) is 14.9 Å². The Hall–Kier alpha value is -1.16. The number of aryl methyl sites for hydroxylation is 1. The third kappa shape index (κ3) is 4.67. The molecule has 0 bridgehead atoms. The van der Waals surface area contributed by atoms with Gasteiger partial charge < -0.3 is 5.11 Å². The summed E-state index contributed by atoms with van der Waals surface area (Å²) < 4.78 is 0. The van der Waals surface area contributed by atoms with Crippen LogP contribution in [0.2, 0.25) is 10.0 Å². The van der Waals surface area contributed by atoms with Crippen LogP contribution >= 0.6 is 35.0 Å². The lowest BCUT2D eigenvalue weighted by molar-refractivity contribution is -0.136. The summed E-state index contributed by atoms with van der Waals surface area (Å²) in [6.07, 6.45) is 0.426. The molecule has 0 saturated carbocycles. The number of hydrogen-bond donors (Lipinski definition) is 1. The van der Waals surface area contributed by atoms with Crippen LogP contribution in [0.4, 0.5) is 0 Å². The minimum atomic E-state index is -0.839. The second-order valence-electron chi connectivity index (χ2n) is 4.67. The number of carboxylic acids is 1. The highest BCUT2D eigenvalue weighted by Gasteiger charge is 2.20. The van der Waals surface area contributed by atoms with Crippen LogP contribution in [0, 0.1) is 6.92 Å². The second kappa shape index (κ2) is 7.21. The Kier molecular flexibility index (Phi) is 5.57. The Bertz CT molecular complexity index is 641. The molecule has 2 nitrogen and oxygen atoms in total. The van der Waals surface area contributed by atoms with E-state index in [0.29, 0.717) is 16.5 Å². The number of hydrogen-bond acceptors (Lipinski definition) is 2. The van der Waals surface area contributed by atoms with Crippen molar-refractivity contribution in [3.05, 3.63) is 63.6 Å². The first-order chi connectivity index (χ1) is 9.95. The van der Waals surface area contributed by atoms with Crippen molar-refractivity contribution < 1.29 is 9.90 Å². The number of carboxylic acid groups (broad SMARTS) is 1. The van der Waals surface area contributed by atoms with Crippen molar-refractivity contribution in [3.63, 3.8) is 0 Å². The Morgan fingerprint density at radius 3 is 2.38 bits per heavy atom. The van der Waals surface area contributed by atoms with E-state index in [1.54, 1.807) is 12.1 Å². The van der Waals surface area contributed by atoms with E-state index in [9.17, 15) is 9.90 Å². The van der Waals surface area contributed by atoms with Crippen LogP contribution in [0.5, 0.6) is 0 Å². The van der Waals surface area contributed by atoms with E-state index in [4.69, 9.17) is 23.2 Å². The van der Waals surface area contributed by atoms with Gasteiger partial charge in [0.25, 0.3) is 0 Å². The van der Waals surface area contributed by atoms with E-state index in [1.165, 1.54) is 11.8 Å². The molecule has 0 spiro atoms. The maximum absolute atomic E-state index is 11.5. The molecule has 1 atom stereocenters. The predicted octanol–water partition coefficient (Wildman–Crippen LogP) is 5.09. The molecule has 2 aromatic carbocycles. The summed E-state index contributed by atoms with van der Waals surface area (Å²) in [5.41, 5.74) is 2.00. The highest BCUT2D eigenvalue weighted by Crippen LogP contribution is 2.28. The summed E-state index contributed by atoms with van der Waals surface area (Å²) in [7, 11) is 0. The summed E-state index contributed by atoms with van der Waals surface area (Å²) in [6, 6.07) is 12.7. The van der Waals surface area contributed by atoms with Crippen molar-refractivity contribution in [3.8, 4) is 0 Å². The first kappa shape index (κ1) is 16.2. The number of halogens is 2. The molecule has 0 saturated heterocycles. The summed E-state index contributed by atoms with van der Waals surface area (Å²) >= 11 is 13.1. The quantitative estimate of drug-likeness (QED) is 0.770. The smallest absolute Gasteiger partial charge is 0.317 e. The maximum atomic E-state index is 11.5. The SMILES string of the molecule is Cc1ccc(Cl)cc1C[C@@H](Sc1ccc(Cl)cc1)C(=O)O. The van der Waals surface area contributed by atoms with Crippen LogP contribution in [0.25, 0.3) is 0 Å². The van der Waals surface area contributed by atoms with E-state index in [2.05, 4.69) is 0 Å². The molecule has 2 aromatic rings. The monoisotopic (exact) mass is 340 g/mol. The van der Waals surface area contributed by atoms with Crippen molar-refractivity contribution in [1.82, 2.24) is 0 Å². The van der Waals surface area contributed by atoms with Crippen LogP contribution in [-0.2, 0) is 11.2 Å². The van der Waals surface area contributed by atoms with Crippen LogP contribution < -0.4 is 0 Å². The van der Waals surface area contributed by atoms with E-state index >= 15 is 0 Å². The van der Waals surface area contributed by atoms with Crippen LogP contribution in [-0.4, -0.2) is 16.3 Å². The third-order valence-corrected chi connectivity index (χ3v) is 4.77. The summed E-state index contributed by atoms with van der Waals surface area (Å²) in [5, 5.41) is 10.1. The fraction of sp³-hybridized carbons (Fsp3) is 0.188. The van der Waals surface area contributed by atoms with Gasteiger partial charge in [0.2, 0.25) is 0 Å². The normalized spacial score (nSPS) is 12.1. The lowest BCUT2D eigenvalue weighted by Crippen LogP contribution is -2.19. The van der Waals surface area contributed by atoms with Gasteiger partial charge in [-0.05, 0) is 60.9 Å². The Morgan fingerprint density at radius 1 is 1.14 bits per heavy atom. The van der Waals surface area contributed by atoms with Crippen LogP contribution in [0.3, 0.4) is 0 Å². The fourth-order valence-corrected chi connectivity index (χ4v) is 3.22. The Labute approximate surface area is 138 Å². The summed E-state index contributed by atoms with van der Waals surface area (Å²) in [5.74, 6) is -0.839. The molecule has 1 N–H and O–H groups in total. The zero-order valence-electron chi connectivity index (χ0n) is 11.3. The summed E-state index contributed by atoms with van der Waals surface area (Å²) in [6.45, 7) is 1.96. The number of benzene rings is 2. The van der Waals surface area contributed by atoms with Gasteiger partial charge in [-0.15, -0.1) is 11.8 Å². The van der Waals surface area contributed by atoms with E-state index in [-0.39, 0.29) is 0 Å². The predicted molar refractivity (Wildman–Crippen MR) is 88.6 cm³/mol. The summed E-state index contributed by atoms with van der Waals surface area (Å²) in [4.78, 5) is 12.4. The molecular weight excluding hydrogens is 327 g/mol. The molecule has 0 aromatic heterocycles. The average Bonchev–Trinajstić information content (AvgIpc) is 2.44. The van der Waals surface area contributed by atoms with Gasteiger partial charge in [-0.3, -0.25) is 4.79 Å². The minimum absolute atomic E-state index is 0.426. The highest BCUT2D eigenvalue weighted by atomic mass is 35.5. The largest absolute Gasteiger partial charge is 0.480 e. The van der Waals surface area contributed by atoms with Crippen molar-refractivity contribution in [1.29, 1.82) is 0 Å². The molecule has 0 amide bonds. The lowest BCUT2D eigenvalue weighted by atomic mass is 10.0. The Morgan fingerprint density at radius 2 is 1.76 bits per heavy atom. The van der Waals surface area contributed by atoms with Crippen molar-refractivity contribution >= 4 is 40.9 Å². The molecule has 0 heterocycles. The molecule has 0 fully saturated rings. The van der Waals surface area contributed by atoms with E-state index < -0.39 is 11.2 Å². The second-order valence-corrected chi connectivity index (χ2v) is 6.82. The van der Waals surface area contributed by atoms with Gasteiger partial charge >= 0.3 is 5.97 Å². The standard InChI is InChI=1S/C16H14Cl2O2S/c1-10-2-3-13(18)8-11(10)9-15(16(19)20)21-14-6-4-12(17)5-7-14/h2-8,15H,9H2,1H3,(H,19,20)/t15-/m1/s1. The molecule has 0 aliphatic rings. The molecule has 0 aliphatic heterocycles. The number of thioether (sulfide) groups is 1. The molecule has 110 valence electrons. The van der Waals surface area contributed by atoms with Crippen molar-refractivity contribution in [2.75, 3.05) is 0 Å². The minimum Gasteiger partial charge on any atom is -0.480 e. The van der Waals surface area contributed by atoms with Gasteiger partial charge in [0.15, 0.2) is 0 Å².